The van der Waals surface area contributed by atoms with Gasteiger partial charge in [0.15, 0.2) is 16.8 Å². The fourth-order valence-corrected chi connectivity index (χ4v) is 3.61. The third-order valence-corrected chi connectivity index (χ3v) is 5.06. The van der Waals surface area contributed by atoms with Crippen LogP contribution in [0.1, 0.15) is 15.9 Å². The molecule has 0 bridgehead atoms. The first kappa shape index (κ1) is 17.7. The minimum Gasteiger partial charge on any atom is -0.478 e. The maximum Gasteiger partial charge on any atom is 0.335 e. The van der Waals surface area contributed by atoms with Gasteiger partial charge >= 0.3 is 5.97 Å². The lowest BCUT2D eigenvalue weighted by Crippen LogP contribution is -2.05. The number of hydrogen-bond donors (Lipinski definition) is 4. The first-order chi connectivity index (χ1) is 13.5. The molecule has 0 spiro atoms. The lowest BCUT2D eigenvalue weighted by molar-refractivity contribution is 0.0697. The van der Waals surface area contributed by atoms with Gasteiger partial charge in [-0.1, -0.05) is 23.5 Å². The lowest BCUT2D eigenvalue weighted by Gasteiger charge is -2.11. The number of hydrogen-bond acceptors (Lipinski definition) is 8. The number of para-hydroxylation sites is 1. The zero-order valence-corrected chi connectivity index (χ0v) is 15.6. The van der Waals surface area contributed by atoms with E-state index in [1.54, 1.807) is 12.1 Å². The van der Waals surface area contributed by atoms with Gasteiger partial charge in [0.05, 0.1) is 15.8 Å². The summed E-state index contributed by atoms with van der Waals surface area (Å²) < 4.78 is 1.08. The summed E-state index contributed by atoms with van der Waals surface area (Å²) in [6, 6.07) is 12.3. The zero-order valence-electron chi connectivity index (χ0n) is 14.8. The molecule has 4 rings (SSSR count). The third kappa shape index (κ3) is 3.42. The second-order valence-electron chi connectivity index (χ2n) is 6.06. The number of aryl methyl sites for hydroxylation is 1. The molecular formula is C19H16N6O2S. The van der Waals surface area contributed by atoms with Gasteiger partial charge in [0.1, 0.15) is 12.0 Å². The number of rotatable bonds is 5. The van der Waals surface area contributed by atoms with Gasteiger partial charge < -0.3 is 21.5 Å². The summed E-state index contributed by atoms with van der Waals surface area (Å²) in [5.41, 5.74) is 9.46. The molecule has 5 N–H and O–H groups in total. The van der Waals surface area contributed by atoms with Gasteiger partial charge in [-0.3, -0.25) is 0 Å². The van der Waals surface area contributed by atoms with Crippen molar-refractivity contribution in [1.29, 1.82) is 0 Å². The van der Waals surface area contributed by atoms with E-state index in [1.807, 2.05) is 25.1 Å². The van der Waals surface area contributed by atoms with Crippen LogP contribution in [0.15, 0.2) is 48.8 Å². The first-order valence-corrected chi connectivity index (χ1v) is 9.17. The van der Waals surface area contributed by atoms with Crippen LogP contribution in [0.4, 0.5) is 28.1 Å². The van der Waals surface area contributed by atoms with E-state index in [1.165, 1.54) is 29.8 Å². The van der Waals surface area contributed by atoms with Crippen molar-refractivity contribution in [2.24, 2.45) is 0 Å². The molecule has 4 aromatic rings. The highest BCUT2D eigenvalue weighted by atomic mass is 32.1. The number of nitrogens with one attached hydrogen (secondary N) is 2. The van der Waals surface area contributed by atoms with Crippen molar-refractivity contribution in [3.05, 3.63) is 59.9 Å². The van der Waals surface area contributed by atoms with E-state index in [4.69, 9.17) is 10.8 Å². The molecule has 0 amide bonds. The molecule has 140 valence electrons. The number of aromatic nitrogens is 3. The Morgan fingerprint density at radius 1 is 1.07 bits per heavy atom. The number of carboxylic acid groups (broad SMARTS) is 1. The monoisotopic (exact) mass is 392 g/mol. The Morgan fingerprint density at radius 3 is 2.46 bits per heavy atom. The van der Waals surface area contributed by atoms with E-state index in [9.17, 15) is 4.79 Å². The summed E-state index contributed by atoms with van der Waals surface area (Å²) in [5, 5.41) is 15.9. The summed E-state index contributed by atoms with van der Waals surface area (Å²) in [6.45, 7) is 2.02. The number of nitrogens with zero attached hydrogens (tertiary/aromatic N) is 3. The molecule has 0 fully saturated rings. The predicted octanol–water partition coefficient (Wildman–Crippen LogP) is 4.16. The molecule has 2 aromatic carbocycles. The molecule has 9 heteroatoms. The molecule has 0 aliphatic carbocycles. The van der Waals surface area contributed by atoms with Gasteiger partial charge in [0, 0.05) is 5.69 Å². The molecule has 0 aliphatic heterocycles. The minimum atomic E-state index is -0.981. The van der Waals surface area contributed by atoms with E-state index < -0.39 is 5.97 Å². The van der Waals surface area contributed by atoms with Crippen LogP contribution in [0, 0.1) is 6.92 Å². The van der Waals surface area contributed by atoms with Gasteiger partial charge in [0.2, 0.25) is 0 Å². The van der Waals surface area contributed by atoms with Crippen LogP contribution in [0.3, 0.4) is 0 Å². The van der Waals surface area contributed by atoms with Crippen molar-refractivity contribution < 1.29 is 9.90 Å². The van der Waals surface area contributed by atoms with Gasteiger partial charge in [-0.25, -0.2) is 19.7 Å². The molecule has 0 saturated carbocycles. The minimum absolute atomic E-state index is 0.203. The van der Waals surface area contributed by atoms with Crippen LogP contribution in [0.5, 0.6) is 0 Å². The molecule has 0 aliphatic rings. The van der Waals surface area contributed by atoms with Crippen molar-refractivity contribution in [2.75, 3.05) is 16.4 Å². The van der Waals surface area contributed by atoms with E-state index in [2.05, 4.69) is 25.6 Å². The van der Waals surface area contributed by atoms with Crippen molar-refractivity contribution in [3.8, 4) is 0 Å². The molecule has 2 aromatic heterocycles. The molecule has 2 heterocycles. The summed E-state index contributed by atoms with van der Waals surface area (Å²) >= 11 is 1.51. The predicted molar refractivity (Wildman–Crippen MR) is 111 cm³/mol. The normalized spacial score (nSPS) is 10.8. The fourth-order valence-electron chi connectivity index (χ4n) is 2.67. The van der Waals surface area contributed by atoms with Gasteiger partial charge in [-0.05, 0) is 42.8 Å². The van der Waals surface area contributed by atoms with Crippen LogP contribution in [0.25, 0.3) is 10.2 Å². The Bertz CT molecular complexity index is 1170. The van der Waals surface area contributed by atoms with Crippen LogP contribution in [-0.4, -0.2) is 26.0 Å². The molecule has 28 heavy (non-hydrogen) atoms. The number of anilines is 5. The maximum atomic E-state index is 11.0. The highest BCUT2D eigenvalue weighted by molar-refractivity contribution is 7.22. The average Bonchev–Trinajstić information content (AvgIpc) is 3.09. The van der Waals surface area contributed by atoms with Crippen LogP contribution < -0.4 is 16.4 Å². The summed E-state index contributed by atoms with van der Waals surface area (Å²) in [7, 11) is 0. The maximum absolute atomic E-state index is 11.0. The van der Waals surface area contributed by atoms with E-state index in [-0.39, 0.29) is 5.56 Å². The number of carbonyl (C=O) groups is 1. The van der Waals surface area contributed by atoms with Crippen molar-refractivity contribution >= 4 is 55.7 Å². The molecule has 0 saturated heterocycles. The zero-order chi connectivity index (χ0) is 19.7. The number of thiazole rings is 1. The van der Waals surface area contributed by atoms with Crippen LogP contribution >= 0.6 is 11.3 Å². The third-order valence-electron chi connectivity index (χ3n) is 4.12. The van der Waals surface area contributed by atoms with E-state index in [0.29, 0.717) is 28.1 Å². The molecule has 0 unspecified atom stereocenters. The Kier molecular flexibility index (Phi) is 4.50. The highest BCUT2D eigenvalue weighted by Crippen LogP contribution is 2.33. The van der Waals surface area contributed by atoms with Gasteiger partial charge in [0.25, 0.3) is 0 Å². The number of fused-ring (bicyclic) bond motifs is 1. The average molecular weight is 392 g/mol. The van der Waals surface area contributed by atoms with Gasteiger partial charge in [-0.2, -0.15) is 0 Å². The number of nitrogens with two attached hydrogens (primary N) is 1. The van der Waals surface area contributed by atoms with Gasteiger partial charge in [-0.15, -0.1) is 0 Å². The Balaban J connectivity index is 1.59. The van der Waals surface area contributed by atoms with Crippen molar-refractivity contribution in [2.45, 2.75) is 6.92 Å². The lowest BCUT2D eigenvalue weighted by atomic mass is 10.2. The largest absolute Gasteiger partial charge is 0.478 e. The van der Waals surface area contributed by atoms with Crippen LogP contribution in [-0.2, 0) is 0 Å². The smallest absolute Gasteiger partial charge is 0.335 e. The molecular weight excluding hydrogens is 376 g/mol. The topological polar surface area (TPSA) is 126 Å². The standard InChI is InChI=1S/C19H16N6O2S/c1-10-3-2-4-13-15(10)24-19(28-13)25-17-14(20)16(21-9-22-17)23-12-7-5-11(6-8-12)18(26)27/h2-9H,20H2,1H3,(H,26,27)(H2,21,22,23,24,25). The summed E-state index contributed by atoms with van der Waals surface area (Å²) in [6.07, 6.45) is 1.39. The first-order valence-electron chi connectivity index (χ1n) is 8.35. The second kappa shape index (κ2) is 7.12. The molecule has 8 nitrogen and oxygen atoms in total. The SMILES string of the molecule is Cc1cccc2sc(Nc3ncnc(Nc4ccc(C(=O)O)cc4)c3N)nc12. The van der Waals surface area contributed by atoms with Crippen molar-refractivity contribution in [1.82, 2.24) is 15.0 Å². The van der Waals surface area contributed by atoms with Crippen LogP contribution in [0.2, 0.25) is 0 Å². The summed E-state index contributed by atoms with van der Waals surface area (Å²) in [5.74, 6) is -0.125. The van der Waals surface area contributed by atoms with E-state index >= 15 is 0 Å². The van der Waals surface area contributed by atoms with E-state index in [0.717, 1.165) is 15.8 Å². The quantitative estimate of drug-likeness (QED) is 0.399. The molecule has 0 atom stereocenters. The summed E-state index contributed by atoms with van der Waals surface area (Å²) in [4.78, 5) is 23.9. The number of benzene rings is 2. The fraction of sp³-hybridized carbons (Fsp3) is 0.0526. The Hall–Kier alpha value is -3.72. The molecule has 0 radical (unpaired) electrons. The number of carboxylic acids is 1. The Labute approximate surface area is 164 Å². The van der Waals surface area contributed by atoms with Crippen molar-refractivity contribution in [3.63, 3.8) is 0 Å². The number of aromatic carboxylic acids is 1. The Morgan fingerprint density at radius 2 is 1.79 bits per heavy atom. The second-order valence-corrected chi connectivity index (χ2v) is 7.09. The number of nitrogen functional groups attached to an aromatic ring is 1. The highest BCUT2D eigenvalue weighted by Gasteiger charge is 2.12.